The Kier molecular flexibility index (Phi) is 4.65. The summed E-state index contributed by atoms with van der Waals surface area (Å²) in [6.07, 6.45) is 0. The van der Waals surface area contributed by atoms with Gasteiger partial charge >= 0.3 is 0 Å². The fourth-order valence-corrected chi connectivity index (χ4v) is 3.23. The number of aromatic nitrogens is 2. The summed E-state index contributed by atoms with van der Waals surface area (Å²) >= 11 is 6.20. The molecule has 4 aromatic rings. The molecule has 0 saturated carbocycles. The average Bonchev–Trinajstić information content (AvgIpc) is 3.02. The number of halogens is 1. The van der Waals surface area contributed by atoms with Crippen LogP contribution in [0.25, 0.3) is 22.2 Å². The molecule has 134 valence electrons. The van der Waals surface area contributed by atoms with Crippen LogP contribution in [-0.4, -0.2) is 15.7 Å². The van der Waals surface area contributed by atoms with E-state index in [0.717, 1.165) is 33.4 Å². The number of carbonyl (C=O) groups excluding carboxylic acids is 1. The Morgan fingerprint density at radius 3 is 2.52 bits per heavy atom. The molecule has 0 aliphatic heterocycles. The predicted octanol–water partition coefficient (Wildman–Crippen LogP) is 5.30. The number of nitrogens with one attached hydrogen (secondary N) is 1. The first-order chi connectivity index (χ1) is 13.1. The summed E-state index contributed by atoms with van der Waals surface area (Å²) in [7, 11) is 0. The van der Waals surface area contributed by atoms with Crippen molar-refractivity contribution in [2.24, 2.45) is 0 Å². The van der Waals surface area contributed by atoms with Crippen molar-refractivity contribution in [2.45, 2.75) is 13.5 Å². The summed E-state index contributed by atoms with van der Waals surface area (Å²) in [5.74, 6) is -0.127. The van der Waals surface area contributed by atoms with E-state index in [-0.39, 0.29) is 12.5 Å². The fourth-order valence-electron chi connectivity index (χ4n) is 3.05. The van der Waals surface area contributed by atoms with Crippen LogP contribution in [-0.2, 0) is 11.3 Å². The van der Waals surface area contributed by atoms with Gasteiger partial charge in [-0.05, 0) is 37.3 Å². The van der Waals surface area contributed by atoms with Gasteiger partial charge in [0.25, 0.3) is 0 Å². The molecule has 5 heteroatoms. The number of anilines is 1. The number of carbonyl (C=O) groups is 1. The lowest BCUT2D eigenvalue weighted by atomic mass is 10.1. The van der Waals surface area contributed by atoms with Gasteiger partial charge in [0.2, 0.25) is 5.91 Å². The number of benzene rings is 3. The van der Waals surface area contributed by atoms with Crippen molar-refractivity contribution < 1.29 is 4.79 Å². The lowest BCUT2D eigenvalue weighted by Gasteiger charge is -2.06. The Bertz CT molecular complexity index is 1100. The molecule has 0 radical (unpaired) electrons. The predicted molar refractivity (Wildman–Crippen MR) is 110 cm³/mol. The first-order valence-electron chi connectivity index (χ1n) is 8.68. The normalized spacial score (nSPS) is 10.9. The van der Waals surface area contributed by atoms with Gasteiger partial charge in [-0.2, -0.15) is 5.10 Å². The molecule has 0 saturated heterocycles. The van der Waals surface area contributed by atoms with Gasteiger partial charge < -0.3 is 5.32 Å². The van der Waals surface area contributed by atoms with E-state index in [4.69, 9.17) is 16.7 Å². The third kappa shape index (κ3) is 3.71. The number of aryl methyl sites for hydroxylation is 1. The van der Waals surface area contributed by atoms with E-state index in [1.807, 2.05) is 79.7 Å². The molecule has 0 aliphatic carbocycles. The van der Waals surface area contributed by atoms with Crippen LogP contribution in [0.3, 0.4) is 0 Å². The maximum absolute atomic E-state index is 12.5. The van der Waals surface area contributed by atoms with Crippen LogP contribution < -0.4 is 5.32 Å². The van der Waals surface area contributed by atoms with Gasteiger partial charge in [0.15, 0.2) is 0 Å². The molecule has 0 aliphatic rings. The number of hydrogen-bond acceptors (Lipinski definition) is 2. The third-order valence-electron chi connectivity index (χ3n) is 4.39. The Hall–Kier alpha value is -3.11. The van der Waals surface area contributed by atoms with Crippen LogP contribution in [0.4, 0.5) is 5.69 Å². The maximum Gasteiger partial charge on any atom is 0.246 e. The Morgan fingerprint density at radius 1 is 1.04 bits per heavy atom. The molecule has 0 fully saturated rings. The van der Waals surface area contributed by atoms with Crippen LogP contribution in [0.2, 0.25) is 5.02 Å². The smallest absolute Gasteiger partial charge is 0.246 e. The molecule has 0 atom stereocenters. The highest BCUT2D eigenvalue weighted by Gasteiger charge is 2.15. The highest BCUT2D eigenvalue weighted by Crippen LogP contribution is 2.30. The highest BCUT2D eigenvalue weighted by molar-refractivity contribution is 6.31. The first-order valence-corrected chi connectivity index (χ1v) is 9.06. The van der Waals surface area contributed by atoms with Crippen molar-refractivity contribution in [3.63, 3.8) is 0 Å². The van der Waals surface area contributed by atoms with Crippen molar-refractivity contribution in [1.29, 1.82) is 0 Å². The standard InChI is InChI=1S/C22H18ClN3O/c1-15-7-10-18(11-8-15)24-21(27)14-26-20-12-9-17(23)13-19(20)22(25-26)16-5-3-2-4-6-16/h2-13H,14H2,1H3,(H,24,27). The largest absolute Gasteiger partial charge is 0.324 e. The SMILES string of the molecule is Cc1ccc(NC(=O)Cn2nc(-c3ccccc3)c3cc(Cl)ccc32)cc1. The van der Waals surface area contributed by atoms with Gasteiger partial charge in [0.1, 0.15) is 12.2 Å². The highest BCUT2D eigenvalue weighted by atomic mass is 35.5. The number of rotatable bonds is 4. The first kappa shape index (κ1) is 17.3. The molecule has 27 heavy (non-hydrogen) atoms. The zero-order valence-electron chi connectivity index (χ0n) is 14.8. The van der Waals surface area contributed by atoms with E-state index in [1.165, 1.54) is 0 Å². The average molecular weight is 376 g/mol. The summed E-state index contributed by atoms with van der Waals surface area (Å²) < 4.78 is 1.72. The summed E-state index contributed by atoms with van der Waals surface area (Å²) in [6, 6.07) is 23.2. The Morgan fingerprint density at radius 2 is 1.78 bits per heavy atom. The summed E-state index contributed by atoms with van der Waals surface area (Å²) in [5.41, 5.74) is 4.60. The minimum Gasteiger partial charge on any atom is -0.324 e. The second kappa shape index (κ2) is 7.25. The van der Waals surface area contributed by atoms with Crippen LogP contribution in [0.1, 0.15) is 5.56 Å². The van der Waals surface area contributed by atoms with Crippen LogP contribution in [0, 0.1) is 6.92 Å². The molecular weight excluding hydrogens is 358 g/mol. The summed E-state index contributed by atoms with van der Waals surface area (Å²) in [6.45, 7) is 2.14. The summed E-state index contributed by atoms with van der Waals surface area (Å²) in [5, 5.41) is 9.18. The van der Waals surface area contributed by atoms with E-state index in [2.05, 4.69) is 5.32 Å². The number of nitrogens with zero attached hydrogens (tertiary/aromatic N) is 2. The van der Waals surface area contributed by atoms with Gasteiger partial charge in [-0.25, -0.2) is 0 Å². The van der Waals surface area contributed by atoms with Crippen LogP contribution in [0.15, 0.2) is 72.8 Å². The molecular formula is C22H18ClN3O. The molecule has 0 bridgehead atoms. The molecule has 4 rings (SSSR count). The van der Waals surface area contributed by atoms with Crippen molar-refractivity contribution >= 4 is 34.1 Å². The van der Waals surface area contributed by atoms with Gasteiger partial charge in [0.05, 0.1) is 5.52 Å². The van der Waals surface area contributed by atoms with Gasteiger partial charge in [-0.1, -0.05) is 59.6 Å². The van der Waals surface area contributed by atoms with E-state index in [1.54, 1.807) is 4.68 Å². The zero-order valence-corrected chi connectivity index (χ0v) is 15.6. The second-order valence-corrected chi connectivity index (χ2v) is 6.88. The van der Waals surface area contributed by atoms with Crippen LogP contribution >= 0.6 is 11.6 Å². The number of fused-ring (bicyclic) bond motifs is 1. The topological polar surface area (TPSA) is 46.9 Å². The van der Waals surface area contributed by atoms with Crippen LogP contribution in [0.5, 0.6) is 0 Å². The molecule has 1 N–H and O–H groups in total. The minimum atomic E-state index is -0.127. The Balaban J connectivity index is 1.67. The molecule has 0 unspecified atom stereocenters. The van der Waals surface area contributed by atoms with Crippen molar-refractivity contribution in [2.75, 3.05) is 5.32 Å². The zero-order chi connectivity index (χ0) is 18.8. The molecule has 0 spiro atoms. The lowest BCUT2D eigenvalue weighted by Crippen LogP contribution is -2.19. The van der Waals surface area contributed by atoms with E-state index in [9.17, 15) is 4.79 Å². The maximum atomic E-state index is 12.5. The molecule has 4 nitrogen and oxygen atoms in total. The number of hydrogen-bond donors (Lipinski definition) is 1. The van der Waals surface area contributed by atoms with Crippen molar-refractivity contribution in [3.8, 4) is 11.3 Å². The van der Waals surface area contributed by atoms with Gasteiger partial charge in [-0.15, -0.1) is 0 Å². The monoisotopic (exact) mass is 375 g/mol. The quantitative estimate of drug-likeness (QED) is 0.525. The molecule has 1 amide bonds. The van der Waals surface area contributed by atoms with Gasteiger partial charge in [0, 0.05) is 21.7 Å². The van der Waals surface area contributed by atoms with E-state index >= 15 is 0 Å². The lowest BCUT2D eigenvalue weighted by molar-refractivity contribution is -0.116. The summed E-state index contributed by atoms with van der Waals surface area (Å²) in [4.78, 5) is 12.5. The van der Waals surface area contributed by atoms with Crippen molar-refractivity contribution in [3.05, 3.63) is 83.4 Å². The molecule has 1 aromatic heterocycles. The molecule has 3 aromatic carbocycles. The minimum absolute atomic E-state index is 0.124. The third-order valence-corrected chi connectivity index (χ3v) is 4.62. The number of amides is 1. The Labute approximate surface area is 162 Å². The fraction of sp³-hybridized carbons (Fsp3) is 0.0909. The van der Waals surface area contributed by atoms with Gasteiger partial charge in [-0.3, -0.25) is 9.48 Å². The second-order valence-electron chi connectivity index (χ2n) is 6.45. The van der Waals surface area contributed by atoms with E-state index < -0.39 is 0 Å². The van der Waals surface area contributed by atoms with Crippen molar-refractivity contribution in [1.82, 2.24) is 9.78 Å². The van der Waals surface area contributed by atoms with E-state index in [0.29, 0.717) is 5.02 Å². The molecule has 1 heterocycles.